The van der Waals surface area contributed by atoms with Crippen LogP contribution in [0.4, 0.5) is 5.69 Å². The summed E-state index contributed by atoms with van der Waals surface area (Å²) in [5, 5.41) is 2.36. The van der Waals surface area contributed by atoms with E-state index in [1.807, 2.05) is 12.2 Å². The van der Waals surface area contributed by atoms with E-state index in [0.717, 1.165) is 13.0 Å². The first-order valence-corrected chi connectivity index (χ1v) is 8.76. The van der Waals surface area contributed by atoms with Crippen molar-refractivity contribution in [3.63, 3.8) is 0 Å². The van der Waals surface area contributed by atoms with Gasteiger partial charge in [-0.05, 0) is 41.7 Å². The van der Waals surface area contributed by atoms with Crippen LogP contribution in [0.5, 0.6) is 0 Å². The highest BCUT2D eigenvalue weighted by Gasteiger charge is 2.15. The zero-order valence-corrected chi connectivity index (χ0v) is 14.7. The smallest absolute Gasteiger partial charge is 0.137 e. The zero-order valence-electron chi connectivity index (χ0n) is 14.7. The van der Waals surface area contributed by atoms with Gasteiger partial charge in [-0.2, -0.15) is 0 Å². The molecule has 2 aromatic rings. The van der Waals surface area contributed by atoms with Crippen LogP contribution in [0.15, 0.2) is 85.5 Å². The first kappa shape index (κ1) is 18.0. The second kappa shape index (κ2) is 9.69. The number of nitrogens with two attached hydrogens (primary N) is 1. The topological polar surface area (TPSA) is 16.6 Å². The van der Waals surface area contributed by atoms with E-state index in [4.69, 9.17) is 0 Å². The van der Waals surface area contributed by atoms with Gasteiger partial charge in [-0.25, -0.2) is 0 Å². The zero-order chi connectivity index (χ0) is 17.2. The van der Waals surface area contributed by atoms with Gasteiger partial charge in [-0.1, -0.05) is 74.5 Å². The molecule has 0 aliphatic carbocycles. The van der Waals surface area contributed by atoms with Gasteiger partial charge in [0.15, 0.2) is 0 Å². The molecular weight excluding hydrogens is 290 g/mol. The monoisotopic (exact) mass is 318 g/mol. The lowest BCUT2D eigenvalue weighted by Crippen LogP contribution is -2.78. The average molecular weight is 318 g/mol. The van der Waals surface area contributed by atoms with Crippen molar-refractivity contribution >= 4 is 11.3 Å². The van der Waals surface area contributed by atoms with Crippen molar-refractivity contribution in [2.75, 3.05) is 6.54 Å². The van der Waals surface area contributed by atoms with Crippen LogP contribution in [0, 0.1) is 0 Å². The largest absolute Gasteiger partial charge is 0.313 e. The summed E-state index contributed by atoms with van der Waals surface area (Å²) in [4.78, 5) is 0. The van der Waals surface area contributed by atoms with E-state index >= 15 is 0 Å². The minimum atomic E-state index is 0.816. The van der Waals surface area contributed by atoms with E-state index in [9.17, 15) is 0 Å². The molecule has 0 heterocycles. The average Bonchev–Trinajstić information content (AvgIpc) is 2.63. The van der Waals surface area contributed by atoms with E-state index in [1.165, 1.54) is 40.8 Å². The molecular formula is C23H28N+. The Balaban J connectivity index is 2.56. The Morgan fingerprint density at radius 3 is 2.38 bits per heavy atom. The SMILES string of the molecule is C=CC/C(C=C)=C(/c1ccccc1)c1ccccc1[NH2+]CCCC. The van der Waals surface area contributed by atoms with Gasteiger partial charge < -0.3 is 5.32 Å². The van der Waals surface area contributed by atoms with Gasteiger partial charge >= 0.3 is 0 Å². The molecule has 0 saturated heterocycles. The molecule has 0 atom stereocenters. The number of benzene rings is 2. The van der Waals surface area contributed by atoms with E-state index in [0.29, 0.717) is 0 Å². The Bertz CT molecular complexity index is 695. The first-order chi connectivity index (χ1) is 11.8. The summed E-state index contributed by atoms with van der Waals surface area (Å²) in [6, 6.07) is 19.2. The molecule has 0 spiro atoms. The molecule has 24 heavy (non-hydrogen) atoms. The van der Waals surface area contributed by atoms with E-state index in [-0.39, 0.29) is 0 Å². The summed E-state index contributed by atoms with van der Waals surface area (Å²) in [5.74, 6) is 0. The van der Waals surface area contributed by atoms with Crippen molar-refractivity contribution in [2.24, 2.45) is 0 Å². The molecule has 0 radical (unpaired) electrons. The highest BCUT2D eigenvalue weighted by atomic mass is 14.9. The fourth-order valence-corrected chi connectivity index (χ4v) is 2.93. The standard InChI is InChI=1S/C23H27N/c1-4-7-18-24-22-17-12-11-16-21(22)23(19(6-3)13-5-2)20-14-9-8-10-15-20/h5-6,8-12,14-17,24H,2-4,7,13,18H2,1H3/p+1/b23-19-. The van der Waals surface area contributed by atoms with Crippen LogP contribution >= 0.6 is 0 Å². The van der Waals surface area contributed by atoms with Gasteiger partial charge in [0.05, 0.1) is 6.54 Å². The molecule has 2 aromatic carbocycles. The minimum absolute atomic E-state index is 0.816. The Morgan fingerprint density at radius 1 is 1.00 bits per heavy atom. The molecule has 1 nitrogen and oxygen atoms in total. The van der Waals surface area contributed by atoms with Crippen LogP contribution in [0.3, 0.4) is 0 Å². The maximum Gasteiger partial charge on any atom is 0.137 e. The Kier molecular flexibility index (Phi) is 7.25. The number of unbranched alkanes of at least 4 members (excludes halogenated alkanes) is 1. The number of quaternary nitrogens is 1. The lowest BCUT2D eigenvalue weighted by atomic mass is 9.90. The van der Waals surface area contributed by atoms with E-state index in [2.05, 4.69) is 80.0 Å². The molecule has 124 valence electrons. The predicted molar refractivity (Wildman–Crippen MR) is 105 cm³/mol. The molecule has 2 rings (SSSR count). The molecule has 0 saturated carbocycles. The highest BCUT2D eigenvalue weighted by Crippen LogP contribution is 2.32. The maximum absolute atomic E-state index is 4.04. The van der Waals surface area contributed by atoms with Crippen LogP contribution in [-0.2, 0) is 0 Å². The Morgan fingerprint density at radius 2 is 1.71 bits per heavy atom. The molecule has 0 fully saturated rings. The lowest BCUT2D eigenvalue weighted by molar-refractivity contribution is -0.572. The second-order valence-electron chi connectivity index (χ2n) is 5.90. The fourth-order valence-electron chi connectivity index (χ4n) is 2.93. The van der Waals surface area contributed by atoms with Crippen LogP contribution < -0.4 is 5.32 Å². The molecule has 0 aliphatic heterocycles. The van der Waals surface area contributed by atoms with Crippen molar-refractivity contribution < 1.29 is 5.32 Å². The summed E-state index contributed by atoms with van der Waals surface area (Å²) in [6.45, 7) is 11.3. The molecule has 0 aromatic heterocycles. The lowest BCUT2D eigenvalue weighted by Gasteiger charge is -2.15. The third-order valence-corrected chi connectivity index (χ3v) is 4.15. The number of hydrogen-bond acceptors (Lipinski definition) is 0. The number of rotatable bonds is 9. The minimum Gasteiger partial charge on any atom is -0.313 e. The first-order valence-electron chi connectivity index (χ1n) is 8.76. The number of para-hydroxylation sites is 1. The summed E-state index contributed by atoms with van der Waals surface area (Å²) in [5.41, 5.74) is 6.27. The van der Waals surface area contributed by atoms with E-state index in [1.54, 1.807) is 0 Å². The van der Waals surface area contributed by atoms with Gasteiger partial charge in [0.1, 0.15) is 5.69 Å². The molecule has 2 N–H and O–H groups in total. The quantitative estimate of drug-likeness (QED) is 0.282. The summed E-state index contributed by atoms with van der Waals surface area (Å²) in [7, 11) is 0. The van der Waals surface area contributed by atoms with Gasteiger partial charge in [-0.3, -0.25) is 0 Å². The van der Waals surface area contributed by atoms with Crippen molar-refractivity contribution in [3.8, 4) is 0 Å². The van der Waals surface area contributed by atoms with Crippen molar-refractivity contribution in [1.82, 2.24) is 0 Å². The molecule has 0 aliphatic rings. The summed E-state index contributed by atoms with van der Waals surface area (Å²) < 4.78 is 0. The van der Waals surface area contributed by atoms with Gasteiger partial charge in [0.25, 0.3) is 0 Å². The van der Waals surface area contributed by atoms with E-state index < -0.39 is 0 Å². The predicted octanol–water partition coefficient (Wildman–Crippen LogP) is 5.25. The fraction of sp³-hybridized carbons (Fsp3) is 0.217. The number of allylic oxidation sites excluding steroid dienone is 3. The summed E-state index contributed by atoms with van der Waals surface area (Å²) >= 11 is 0. The Labute approximate surface area is 146 Å². The number of hydrogen-bond donors (Lipinski definition) is 1. The second-order valence-corrected chi connectivity index (χ2v) is 5.90. The van der Waals surface area contributed by atoms with Gasteiger partial charge in [0.2, 0.25) is 0 Å². The maximum atomic E-state index is 4.04. The van der Waals surface area contributed by atoms with Crippen molar-refractivity contribution in [1.29, 1.82) is 0 Å². The molecule has 0 bridgehead atoms. The van der Waals surface area contributed by atoms with Crippen LogP contribution in [0.2, 0.25) is 0 Å². The molecule has 1 heteroatoms. The summed E-state index contributed by atoms with van der Waals surface area (Å²) in [6.07, 6.45) is 7.17. The van der Waals surface area contributed by atoms with Crippen LogP contribution in [0.1, 0.15) is 37.3 Å². The third kappa shape index (κ3) is 4.56. The molecule has 0 amide bonds. The van der Waals surface area contributed by atoms with Crippen LogP contribution in [-0.4, -0.2) is 6.54 Å². The van der Waals surface area contributed by atoms with Crippen molar-refractivity contribution in [3.05, 3.63) is 96.6 Å². The van der Waals surface area contributed by atoms with Gasteiger partial charge in [-0.15, -0.1) is 6.58 Å². The van der Waals surface area contributed by atoms with Gasteiger partial charge in [0, 0.05) is 5.56 Å². The normalized spacial score (nSPS) is 11.7. The highest BCUT2D eigenvalue weighted by molar-refractivity contribution is 5.87. The third-order valence-electron chi connectivity index (χ3n) is 4.15. The Hall–Kier alpha value is -2.38. The van der Waals surface area contributed by atoms with Crippen LogP contribution in [0.25, 0.3) is 5.57 Å². The molecule has 0 unspecified atom stereocenters. The van der Waals surface area contributed by atoms with Crippen molar-refractivity contribution in [2.45, 2.75) is 26.2 Å².